The Morgan fingerprint density at radius 3 is 2.70 bits per heavy atom. The molecule has 0 bridgehead atoms. The maximum Gasteiger partial charge on any atom is 0.417 e. The Balaban J connectivity index is 2.69. The highest BCUT2D eigenvalue weighted by molar-refractivity contribution is 6.33. The number of ether oxygens (including phenoxy) is 1. The van der Waals surface area contributed by atoms with Crippen LogP contribution in [0.25, 0.3) is 10.9 Å². The van der Waals surface area contributed by atoms with Crippen LogP contribution in [0, 0.1) is 0 Å². The quantitative estimate of drug-likeness (QED) is 0.620. The van der Waals surface area contributed by atoms with Gasteiger partial charge in [0.05, 0.1) is 23.3 Å². The molecule has 1 aromatic heterocycles. The minimum atomic E-state index is -4.54. The molecule has 0 saturated carbocycles. The van der Waals surface area contributed by atoms with Gasteiger partial charge < -0.3 is 4.74 Å². The number of rotatable bonds is 2. The van der Waals surface area contributed by atoms with Crippen LogP contribution in [0.5, 0.6) is 0 Å². The van der Waals surface area contributed by atoms with Crippen LogP contribution >= 0.6 is 11.6 Å². The van der Waals surface area contributed by atoms with Crippen LogP contribution in [-0.4, -0.2) is 17.6 Å². The molecule has 106 valence electrons. The Morgan fingerprint density at radius 2 is 2.10 bits per heavy atom. The Hall–Kier alpha value is -1.82. The minimum Gasteiger partial charge on any atom is -0.462 e. The van der Waals surface area contributed by atoms with Gasteiger partial charge in [0.15, 0.2) is 0 Å². The lowest BCUT2D eigenvalue weighted by Crippen LogP contribution is -2.09. The Labute approximate surface area is 117 Å². The fourth-order valence-electron chi connectivity index (χ4n) is 1.77. The van der Waals surface area contributed by atoms with E-state index in [1.807, 2.05) is 0 Å². The fourth-order valence-corrected chi connectivity index (χ4v) is 1.99. The number of aromatic nitrogens is 1. The van der Waals surface area contributed by atoms with E-state index in [4.69, 9.17) is 16.3 Å². The van der Waals surface area contributed by atoms with Gasteiger partial charge in [0.1, 0.15) is 5.15 Å². The molecule has 0 atom stereocenters. The number of pyridine rings is 1. The van der Waals surface area contributed by atoms with E-state index in [0.717, 1.165) is 12.1 Å². The van der Waals surface area contributed by atoms with Crippen molar-refractivity contribution in [3.63, 3.8) is 0 Å². The van der Waals surface area contributed by atoms with Gasteiger partial charge in [0, 0.05) is 5.39 Å². The van der Waals surface area contributed by atoms with Crippen molar-refractivity contribution >= 4 is 28.5 Å². The Morgan fingerprint density at radius 1 is 1.40 bits per heavy atom. The summed E-state index contributed by atoms with van der Waals surface area (Å²) in [5.41, 5.74) is -0.986. The monoisotopic (exact) mass is 303 g/mol. The normalized spacial score (nSPS) is 11.7. The summed E-state index contributed by atoms with van der Waals surface area (Å²) in [5, 5.41) is -0.372. The molecule has 0 unspecified atom stereocenters. The molecule has 1 heterocycles. The number of hydrogen-bond acceptors (Lipinski definition) is 3. The fraction of sp³-hybridized carbons (Fsp3) is 0.231. The second-order valence-corrected chi connectivity index (χ2v) is 4.28. The van der Waals surface area contributed by atoms with Gasteiger partial charge in [0.25, 0.3) is 0 Å². The van der Waals surface area contributed by atoms with Crippen LogP contribution in [-0.2, 0) is 10.9 Å². The molecular weight excluding hydrogens is 295 g/mol. The molecule has 0 aliphatic carbocycles. The van der Waals surface area contributed by atoms with Crippen LogP contribution in [0.1, 0.15) is 22.8 Å². The first-order chi connectivity index (χ1) is 9.34. The molecule has 1 aromatic carbocycles. The smallest absolute Gasteiger partial charge is 0.417 e. The van der Waals surface area contributed by atoms with Crippen molar-refractivity contribution in [2.45, 2.75) is 13.1 Å². The summed E-state index contributed by atoms with van der Waals surface area (Å²) >= 11 is 5.81. The third-order valence-corrected chi connectivity index (χ3v) is 2.90. The van der Waals surface area contributed by atoms with Crippen LogP contribution in [0.3, 0.4) is 0 Å². The molecule has 0 saturated heterocycles. The molecule has 0 aliphatic rings. The van der Waals surface area contributed by atoms with Gasteiger partial charge >= 0.3 is 12.1 Å². The van der Waals surface area contributed by atoms with Crippen molar-refractivity contribution in [3.05, 3.63) is 40.5 Å². The average molecular weight is 304 g/mol. The molecule has 2 aromatic rings. The van der Waals surface area contributed by atoms with Gasteiger partial charge in [-0.1, -0.05) is 17.7 Å². The summed E-state index contributed by atoms with van der Waals surface area (Å²) in [7, 11) is 0. The predicted octanol–water partition coefficient (Wildman–Crippen LogP) is 4.08. The molecule has 0 aliphatic heterocycles. The molecule has 2 rings (SSSR count). The molecule has 0 amide bonds. The zero-order valence-electron chi connectivity index (χ0n) is 10.3. The number of nitrogens with zero attached hydrogens (tertiary/aromatic N) is 1. The number of hydrogen-bond donors (Lipinski definition) is 0. The summed E-state index contributed by atoms with van der Waals surface area (Å²) in [6.45, 7) is 1.68. The first-order valence-electron chi connectivity index (χ1n) is 5.68. The first-order valence-corrected chi connectivity index (χ1v) is 6.06. The number of carbonyl (C=O) groups is 1. The number of fused-ring (bicyclic) bond motifs is 1. The molecule has 0 spiro atoms. The zero-order chi connectivity index (χ0) is 14.9. The molecule has 3 nitrogen and oxygen atoms in total. The number of carbonyl (C=O) groups excluding carboxylic acids is 1. The van der Waals surface area contributed by atoms with E-state index >= 15 is 0 Å². The summed E-state index contributed by atoms with van der Waals surface area (Å²) in [6.07, 6.45) is -4.54. The van der Waals surface area contributed by atoms with Crippen molar-refractivity contribution in [1.82, 2.24) is 4.98 Å². The van der Waals surface area contributed by atoms with Gasteiger partial charge in [-0.15, -0.1) is 0 Å². The highest BCUT2D eigenvalue weighted by Gasteiger charge is 2.33. The van der Waals surface area contributed by atoms with E-state index < -0.39 is 17.7 Å². The second-order valence-electron chi connectivity index (χ2n) is 3.92. The number of alkyl halides is 3. The third-order valence-electron chi connectivity index (χ3n) is 2.61. The van der Waals surface area contributed by atoms with E-state index in [1.54, 1.807) is 6.92 Å². The van der Waals surface area contributed by atoms with E-state index in [1.165, 1.54) is 12.1 Å². The molecular formula is C13H9ClF3NO2. The number of halogens is 4. The van der Waals surface area contributed by atoms with Crippen molar-refractivity contribution in [2.24, 2.45) is 0 Å². The third kappa shape index (κ3) is 2.70. The lowest BCUT2D eigenvalue weighted by molar-refractivity contribution is -0.136. The standard InChI is InChI=1S/C13H9ClF3NO2/c1-2-20-12(19)8-6-7-9(13(15,16)17)4-3-5-10(7)18-11(8)14/h3-6H,2H2,1H3. The van der Waals surface area contributed by atoms with Gasteiger partial charge in [-0.2, -0.15) is 13.2 Å². The lowest BCUT2D eigenvalue weighted by atomic mass is 10.1. The zero-order valence-corrected chi connectivity index (χ0v) is 11.0. The van der Waals surface area contributed by atoms with Crippen LogP contribution in [0.2, 0.25) is 5.15 Å². The van der Waals surface area contributed by atoms with E-state index in [-0.39, 0.29) is 28.2 Å². The Bertz CT molecular complexity index is 670. The lowest BCUT2D eigenvalue weighted by Gasteiger charge is -2.11. The van der Waals surface area contributed by atoms with Crippen molar-refractivity contribution in [3.8, 4) is 0 Å². The molecule has 0 radical (unpaired) electrons. The van der Waals surface area contributed by atoms with Gasteiger partial charge in [0.2, 0.25) is 0 Å². The first kappa shape index (κ1) is 14.6. The average Bonchev–Trinajstić information content (AvgIpc) is 2.36. The summed E-state index contributed by atoms with van der Waals surface area (Å²) in [6, 6.07) is 4.61. The number of benzene rings is 1. The maximum absolute atomic E-state index is 12.9. The van der Waals surface area contributed by atoms with E-state index in [9.17, 15) is 18.0 Å². The topological polar surface area (TPSA) is 39.2 Å². The van der Waals surface area contributed by atoms with Crippen molar-refractivity contribution in [2.75, 3.05) is 6.61 Å². The van der Waals surface area contributed by atoms with Crippen LogP contribution in [0.15, 0.2) is 24.3 Å². The second kappa shape index (κ2) is 5.28. The molecule has 0 fully saturated rings. The SMILES string of the molecule is CCOC(=O)c1cc2c(C(F)(F)F)cccc2nc1Cl. The predicted molar refractivity (Wildman–Crippen MR) is 67.7 cm³/mol. The van der Waals surface area contributed by atoms with Gasteiger partial charge in [-0.05, 0) is 25.1 Å². The van der Waals surface area contributed by atoms with E-state index in [0.29, 0.717) is 0 Å². The van der Waals surface area contributed by atoms with Gasteiger partial charge in [-0.3, -0.25) is 0 Å². The molecule has 7 heteroatoms. The largest absolute Gasteiger partial charge is 0.462 e. The van der Waals surface area contributed by atoms with Crippen LogP contribution in [0.4, 0.5) is 13.2 Å². The van der Waals surface area contributed by atoms with E-state index in [2.05, 4.69) is 4.98 Å². The van der Waals surface area contributed by atoms with Crippen molar-refractivity contribution < 1.29 is 22.7 Å². The highest BCUT2D eigenvalue weighted by atomic mass is 35.5. The number of esters is 1. The van der Waals surface area contributed by atoms with Crippen LogP contribution < -0.4 is 0 Å². The van der Waals surface area contributed by atoms with Gasteiger partial charge in [-0.25, -0.2) is 9.78 Å². The maximum atomic E-state index is 12.9. The minimum absolute atomic E-state index is 0.0675. The molecule has 20 heavy (non-hydrogen) atoms. The highest BCUT2D eigenvalue weighted by Crippen LogP contribution is 2.35. The summed E-state index contributed by atoms with van der Waals surface area (Å²) in [4.78, 5) is 15.5. The van der Waals surface area contributed by atoms with Crippen molar-refractivity contribution in [1.29, 1.82) is 0 Å². The molecule has 0 N–H and O–H groups in total. The summed E-state index contributed by atoms with van der Waals surface area (Å²) < 4.78 is 43.5. The Kier molecular flexibility index (Phi) is 3.85. The summed E-state index contributed by atoms with van der Waals surface area (Å²) in [5.74, 6) is -0.802.